The smallest absolute Gasteiger partial charge is 0.253 e. The molecular weight excluding hydrogens is 460 g/mol. The zero-order chi connectivity index (χ0) is 25.2. The number of hydrogen-bond donors (Lipinski definition) is 2. The summed E-state index contributed by atoms with van der Waals surface area (Å²) in [5, 5.41) is 2.92. The Bertz CT molecular complexity index is 1300. The summed E-state index contributed by atoms with van der Waals surface area (Å²) in [4.78, 5) is 20.2. The van der Waals surface area contributed by atoms with Crippen molar-refractivity contribution in [3.05, 3.63) is 88.7 Å². The molecule has 184 valence electrons. The molecule has 0 radical (unpaired) electrons. The number of carbonyl (C=O) groups is 1. The molecule has 0 spiro atoms. The van der Waals surface area contributed by atoms with Crippen molar-refractivity contribution < 1.29 is 13.2 Å². The summed E-state index contributed by atoms with van der Waals surface area (Å²) < 4.78 is 24.0. The number of carbonyl (C=O) groups excluding carboxylic acids is 1. The number of pyridine rings is 1. The number of sulfone groups is 1. The first-order valence-corrected chi connectivity index (χ1v) is 13.5. The van der Waals surface area contributed by atoms with Gasteiger partial charge in [-0.1, -0.05) is 45.0 Å². The van der Waals surface area contributed by atoms with Gasteiger partial charge in [-0.3, -0.25) is 14.7 Å². The maximum atomic E-state index is 12.8. The molecule has 0 saturated carbocycles. The average molecular weight is 493 g/mol. The maximum absolute atomic E-state index is 12.8. The number of nitrogens with zero attached hydrogens (tertiary/aromatic N) is 2. The lowest BCUT2D eigenvalue weighted by molar-refractivity contribution is 0.0950. The third-order valence-electron chi connectivity index (χ3n) is 6.42. The van der Waals surface area contributed by atoms with Gasteiger partial charge in [0.1, 0.15) is 0 Å². The van der Waals surface area contributed by atoms with E-state index in [0.717, 1.165) is 35.6 Å². The van der Waals surface area contributed by atoms with Gasteiger partial charge in [-0.15, -0.1) is 0 Å². The van der Waals surface area contributed by atoms with Crippen LogP contribution in [0.5, 0.6) is 0 Å². The molecule has 3 N–H and O–H groups in total. The molecule has 3 aromatic rings. The molecule has 0 bridgehead atoms. The van der Waals surface area contributed by atoms with Crippen LogP contribution in [-0.2, 0) is 29.5 Å². The molecule has 0 unspecified atom stereocenters. The number of benzene rings is 2. The predicted octanol–water partition coefficient (Wildman–Crippen LogP) is 4.10. The second-order valence-corrected chi connectivity index (χ2v) is 11.6. The van der Waals surface area contributed by atoms with Crippen LogP contribution in [-0.4, -0.2) is 30.0 Å². The summed E-state index contributed by atoms with van der Waals surface area (Å²) in [5.41, 5.74) is 11.2. The van der Waals surface area contributed by atoms with Crippen molar-refractivity contribution in [2.75, 3.05) is 11.5 Å². The summed E-state index contributed by atoms with van der Waals surface area (Å²) in [6.07, 6.45) is 1.65. The van der Waals surface area contributed by atoms with E-state index in [1.807, 2.05) is 30.3 Å². The second-order valence-electron chi connectivity index (χ2n) is 9.33. The number of rotatable bonds is 8. The zero-order valence-corrected chi connectivity index (χ0v) is 21.2. The van der Waals surface area contributed by atoms with Crippen LogP contribution in [0.2, 0.25) is 0 Å². The molecule has 7 nitrogen and oxygen atoms in total. The molecule has 0 fully saturated rings. The van der Waals surface area contributed by atoms with Crippen LogP contribution in [0.4, 0.5) is 5.69 Å². The Labute approximate surface area is 207 Å². The normalized spacial score (nSPS) is 15.8. The van der Waals surface area contributed by atoms with Crippen LogP contribution in [0.1, 0.15) is 59.6 Å². The van der Waals surface area contributed by atoms with Crippen LogP contribution in [0.25, 0.3) is 0 Å². The van der Waals surface area contributed by atoms with Crippen molar-refractivity contribution in [2.45, 2.75) is 51.3 Å². The quantitative estimate of drug-likeness (QED) is 0.459. The van der Waals surface area contributed by atoms with Crippen molar-refractivity contribution in [1.82, 2.24) is 15.2 Å². The fraction of sp³-hybridized carbons (Fsp3) is 0.333. The SMILES string of the molecule is CCS(=O)(=O)c1ccc(CNC(=O)c2cnc3c(c2)CN(Cc2ccc(N)cc2)[C@H]3C(C)C)cc1. The highest BCUT2D eigenvalue weighted by atomic mass is 32.2. The highest BCUT2D eigenvalue weighted by molar-refractivity contribution is 7.91. The minimum absolute atomic E-state index is 0.0590. The number of hydrogen-bond acceptors (Lipinski definition) is 6. The average Bonchev–Trinajstić information content (AvgIpc) is 3.21. The van der Waals surface area contributed by atoms with E-state index in [9.17, 15) is 13.2 Å². The summed E-state index contributed by atoms with van der Waals surface area (Å²) in [6.45, 7) is 7.81. The Morgan fingerprint density at radius 2 is 1.77 bits per heavy atom. The van der Waals surface area contributed by atoms with Gasteiger partial charge in [-0.25, -0.2) is 8.42 Å². The van der Waals surface area contributed by atoms with E-state index in [1.165, 1.54) is 5.56 Å². The molecular formula is C27H32N4O3S. The van der Waals surface area contributed by atoms with Crippen molar-refractivity contribution in [1.29, 1.82) is 0 Å². The Hall–Kier alpha value is -3.23. The summed E-state index contributed by atoms with van der Waals surface area (Å²) >= 11 is 0. The van der Waals surface area contributed by atoms with Crippen LogP contribution in [0.15, 0.2) is 65.7 Å². The van der Waals surface area contributed by atoms with Gasteiger partial charge >= 0.3 is 0 Å². The fourth-order valence-corrected chi connectivity index (χ4v) is 5.43. The summed E-state index contributed by atoms with van der Waals surface area (Å²) in [6, 6.07) is 16.7. The van der Waals surface area contributed by atoms with Crippen molar-refractivity contribution in [3.63, 3.8) is 0 Å². The monoisotopic (exact) mass is 492 g/mol. The molecule has 1 amide bonds. The van der Waals surface area contributed by atoms with Crippen LogP contribution >= 0.6 is 0 Å². The zero-order valence-electron chi connectivity index (χ0n) is 20.4. The Balaban J connectivity index is 1.44. The molecule has 1 aliphatic heterocycles. The molecule has 35 heavy (non-hydrogen) atoms. The maximum Gasteiger partial charge on any atom is 0.253 e. The van der Waals surface area contributed by atoms with Crippen molar-refractivity contribution >= 4 is 21.4 Å². The molecule has 0 aliphatic carbocycles. The number of nitrogens with one attached hydrogen (secondary N) is 1. The first-order chi connectivity index (χ1) is 16.7. The first kappa shape index (κ1) is 24.9. The first-order valence-electron chi connectivity index (χ1n) is 11.8. The van der Waals surface area contributed by atoms with E-state index in [2.05, 4.69) is 24.1 Å². The second kappa shape index (κ2) is 10.2. The van der Waals surface area contributed by atoms with Gasteiger partial charge in [0.2, 0.25) is 0 Å². The van der Waals surface area contributed by atoms with Gasteiger partial charge in [-0.05, 0) is 52.9 Å². The molecule has 4 rings (SSSR count). The van der Waals surface area contributed by atoms with Crippen molar-refractivity contribution in [3.8, 4) is 0 Å². The van der Waals surface area contributed by atoms with Gasteiger partial charge in [0.25, 0.3) is 5.91 Å². The van der Waals surface area contributed by atoms with E-state index in [4.69, 9.17) is 10.7 Å². The molecule has 1 aromatic heterocycles. The lowest BCUT2D eigenvalue weighted by Gasteiger charge is -2.27. The van der Waals surface area contributed by atoms with Crippen LogP contribution < -0.4 is 11.1 Å². The Morgan fingerprint density at radius 3 is 2.40 bits per heavy atom. The third kappa shape index (κ3) is 5.55. The van der Waals surface area contributed by atoms with Gasteiger partial charge in [-0.2, -0.15) is 0 Å². The minimum Gasteiger partial charge on any atom is -0.399 e. The number of amides is 1. The summed E-state index contributed by atoms with van der Waals surface area (Å²) in [5.74, 6) is 0.226. The standard InChI is InChI=1S/C27H32N4O3S/c1-4-35(33,34)24-11-7-19(8-12-24)14-30-27(32)21-13-22-17-31(16-20-5-9-23(28)10-6-20)26(18(2)3)25(22)29-15-21/h5-13,15,18,26H,4,14,16-17,28H2,1-3H3,(H,30,32)/t26-/m0/s1. The summed E-state index contributed by atoms with van der Waals surface area (Å²) in [7, 11) is -3.24. The molecule has 1 atom stereocenters. The molecule has 1 aliphatic rings. The molecule has 8 heteroatoms. The highest BCUT2D eigenvalue weighted by Gasteiger charge is 2.34. The number of fused-ring (bicyclic) bond motifs is 1. The minimum atomic E-state index is -3.24. The number of anilines is 1. The van der Waals surface area contributed by atoms with Crippen LogP contribution in [0.3, 0.4) is 0 Å². The van der Waals surface area contributed by atoms with E-state index >= 15 is 0 Å². The van der Waals surface area contributed by atoms with Gasteiger partial charge in [0.05, 0.1) is 27.9 Å². The lowest BCUT2D eigenvalue weighted by Crippen LogP contribution is -2.25. The van der Waals surface area contributed by atoms with Crippen LogP contribution in [0, 0.1) is 5.92 Å². The van der Waals surface area contributed by atoms with Crippen molar-refractivity contribution in [2.24, 2.45) is 5.92 Å². The Kier molecular flexibility index (Phi) is 7.23. The van der Waals surface area contributed by atoms with E-state index in [1.54, 1.807) is 37.4 Å². The fourth-order valence-electron chi connectivity index (χ4n) is 4.54. The number of nitrogen functional groups attached to an aromatic ring is 1. The van der Waals surface area contributed by atoms with E-state index in [-0.39, 0.29) is 17.7 Å². The molecule has 2 heterocycles. The highest BCUT2D eigenvalue weighted by Crippen LogP contribution is 2.38. The van der Waals surface area contributed by atoms with E-state index in [0.29, 0.717) is 22.9 Å². The molecule has 0 saturated heterocycles. The van der Waals surface area contributed by atoms with E-state index < -0.39 is 9.84 Å². The third-order valence-corrected chi connectivity index (χ3v) is 8.17. The lowest BCUT2D eigenvalue weighted by atomic mass is 9.99. The number of aromatic nitrogens is 1. The predicted molar refractivity (Wildman–Crippen MR) is 137 cm³/mol. The Morgan fingerprint density at radius 1 is 1.11 bits per heavy atom. The van der Waals surface area contributed by atoms with Gasteiger partial charge in [0.15, 0.2) is 9.84 Å². The van der Waals surface area contributed by atoms with Gasteiger partial charge < -0.3 is 11.1 Å². The number of nitrogens with two attached hydrogens (primary N) is 1. The topological polar surface area (TPSA) is 105 Å². The van der Waals surface area contributed by atoms with Gasteiger partial charge in [0, 0.05) is 31.5 Å². The molecule has 2 aromatic carbocycles. The largest absolute Gasteiger partial charge is 0.399 e.